The van der Waals surface area contributed by atoms with Crippen molar-refractivity contribution in [3.05, 3.63) is 12.2 Å². The average Bonchev–Trinajstić information content (AvgIpc) is 3.09. The first-order chi connectivity index (χ1) is 14.0. The van der Waals surface area contributed by atoms with Crippen molar-refractivity contribution in [2.24, 2.45) is 11.8 Å². The summed E-state index contributed by atoms with van der Waals surface area (Å²) in [6.45, 7) is 8.27. The lowest BCUT2D eigenvalue weighted by Crippen LogP contribution is -2.41. The third-order valence-corrected chi connectivity index (χ3v) is 11.6. The molecule has 1 saturated carbocycles. The highest BCUT2D eigenvalue weighted by molar-refractivity contribution is 6.73. The van der Waals surface area contributed by atoms with Crippen LogP contribution in [0.1, 0.15) is 72.1 Å². The molecule has 1 heterocycles. The normalized spacial score (nSPS) is 28.2. The van der Waals surface area contributed by atoms with E-state index in [0.717, 1.165) is 63.3 Å². The fraction of sp³-hybridized carbons (Fsp3) is 0.870. The molecule has 2 fully saturated rings. The summed E-state index contributed by atoms with van der Waals surface area (Å²) in [5.74, 6) is -0.136. The largest absolute Gasteiger partial charge is 0.481 e. The van der Waals surface area contributed by atoms with Gasteiger partial charge in [0, 0.05) is 19.1 Å². The van der Waals surface area contributed by atoms with E-state index in [1.54, 1.807) is 0 Å². The minimum Gasteiger partial charge on any atom is -0.481 e. The zero-order valence-electron chi connectivity index (χ0n) is 18.7. The van der Waals surface area contributed by atoms with Crippen LogP contribution in [0.4, 0.5) is 0 Å². The number of carbonyl (C=O) groups is 1. The molecule has 0 radical (unpaired) electrons. The number of hydrogen-bond donors (Lipinski definition) is 1. The smallest absolute Gasteiger partial charge is 0.303 e. The first kappa shape index (κ1) is 24.6. The second-order valence-electron chi connectivity index (χ2n) is 8.66. The van der Waals surface area contributed by atoms with Gasteiger partial charge in [0.05, 0.1) is 6.61 Å². The van der Waals surface area contributed by atoms with Crippen molar-refractivity contribution in [3.63, 3.8) is 0 Å². The Morgan fingerprint density at radius 1 is 1.10 bits per heavy atom. The summed E-state index contributed by atoms with van der Waals surface area (Å²) in [5, 5.41) is 9.34. The van der Waals surface area contributed by atoms with Crippen molar-refractivity contribution in [1.82, 2.24) is 0 Å². The van der Waals surface area contributed by atoms with Gasteiger partial charge in [-0.3, -0.25) is 4.79 Å². The van der Waals surface area contributed by atoms with Crippen LogP contribution in [0.2, 0.25) is 18.1 Å². The first-order valence-electron chi connectivity index (χ1n) is 11.8. The number of carboxylic acids is 1. The van der Waals surface area contributed by atoms with Gasteiger partial charge in [0.15, 0.2) is 14.6 Å². The maximum Gasteiger partial charge on any atom is 0.303 e. The molecule has 168 valence electrons. The lowest BCUT2D eigenvalue weighted by atomic mass is 9.89. The monoisotopic (exact) mass is 426 g/mol. The molecular formula is C23H42O5Si. The predicted molar refractivity (Wildman–Crippen MR) is 118 cm³/mol. The number of hydrogen-bond acceptors (Lipinski definition) is 4. The molecule has 2 aliphatic rings. The Morgan fingerprint density at radius 2 is 1.86 bits per heavy atom. The number of allylic oxidation sites excluding steroid dienone is 1. The van der Waals surface area contributed by atoms with E-state index >= 15 is 0 Å². The van der Waals surface area contributed by atoms with Crippen LogP contribution in [0.5, 0.6) is 0 Å². The SMILES string of the molecule is CC[Si](CC)(CC)O[C@@H]1CC[C@H](CC(=O)O)[C@H]1C/C=C\CCOC1CCCCO1. The van der Waals surface area contributed by atoms with Crippen LogP contribution in [-0.4, -0.2) is 45.0 Å². The summed E-state index contributed by atoms with van der Waals surface area (Å²) in [6, 6.07) is 3.43. The van der Waals surface area contributed by atoms with Gasteiger partial charge in [0.1, 0.15) is 0 Å². The highest BCUT2D eigenvalue weighted by atomic mass is 28.4. The number of aliphatic carboxylic acids is 1. The molecule has 0 bridgehead atoms. The number of ether oxygens (including phenoxy) is 2. The first-order valence-corrected chi connectivity index (χ1v) is 14.3. The molecule has 0 aromatic carbocycles. The van der Waals surface area contributed by atoms with Crippen LogP contribution >= 0.6 is 0 Å². The summed E-state index contributed by atoms with van der Waals surface area (Å²) in [4.78, 5) is 11.3. The number of carboxylic acid groups (broad SMARTS) is 1. The summed E-state index contributed by atoms with van der Waals surface area (Å²) in [6.07, 6.45) is 11.9. The van der Waals surface area contributed by atoms with E-state index in [9.17, 15) is 9.90 Å². The standard InChI is InChI=1S/C23H42O5Si/c1-4-29(5-2,6-3)28-21-15-14-19(18-22(24)25)20(21)12-8-7-10-16-26-23-13-9-11-17-27-23/h7-8,19-21,23H,4-6,9-18H2,1-3H3,(H,24,25)/b8-7-/t19-,20-,21-,23?/m1/s1. The summed E-state index contributed by atoms with van der Waals surface area (Å²) < 4.78 is 18.2. The van der Waals surface area contributed by atoms with Gasteiger partial charge in [-0.25, -0.2) is 0 Å². The van der Waals surface area contributed by atoms with Crippen LogP contribution in [0.25, 0.3) is 0 Å². The lowest BCUT2D eigenvalue weighted by Gasteiger charge is -2.35. The minimum atomic E-state index is -1.68. The maximum atomic E-state index is 11.3. The third kappa shape index (κ3) is 7.81. The molecular weight excluding hydrogens is 384 g/mol. The Hall–Kier alpha value is -0.693. The van der Waals surface area contributed by atoms with Crippen LogP contribution in [0, 0.1) is 11.8 Å². The quantitative estimate of drug-likeness (QED) is 0.230. The van der Waals surface area contributed by atoms with Crippen molar-refractivity contribution in [3.8, 4) is 0 Å². The van der Waals surface area contributed by atoms with E-state index in [1.807, 2.05) is 0 Å². The summed E-state index contributed by atoms with van der Waals surface area (Å²) in [7, 11) is -1.68. The van der Waals surface area contributed by atoms with Gasteiger partial charge in [-0.1, -0.05) is 32.9 Å². The van der Waals surface area contributed by atoms with Gasteiger partial charge in [-0.2, -0.15) is 0 Å². The van der Waals surface area contributed by atoms with Crippen LogP contribution in [0.3, 0.4) is 0 Å². The van der Waals surface area contributed by atoms with Crippen LogP contribution in [0.15, 0.2) is 12.2 Å². The molecule has 2 rings (SSSR count). The van der Waals surface area contributed by atoms with E-state index in [-0.39, 0.29) is 24.7 Å². The minimum absolute atomic E-state index is 0.0278. The zero-order chi connectivity index (χ0) is 21.1. The Morgan fingerprint density at radius 3 is 2.48 bits per heavy atom. The van der Waals surface area contributed by atoms with Gasteiger partial charge in [-0.15, -0.1) is 0 Å². The van der Waals surface area contributed by atoms with Crippen molar-refractivity contribution < 1.29 is 23.8 Å². The topological polar surface area (TPSA) is 65.0 Å². The summed E-state index contributed by atoms with van der Waals surface area (Å²) in [5.41, 5.74) is 0. The molecule has 0 amide bonds. The fourth-order valence-electron chi connectivity index (χ4n) is 4.88. The van der Waals surface area contributed by atoms with Crippen molar-refractivity contribution in [2.75, 3.05) is 13.2 Å². The Bertz CT molecular complexity index is 491. The second-order valence-corrected chi connectivity index (χ2v) is 13.4. The highest BCUT2D eigenvalue weighted by Gasteiger charge is 2.41. The highest BCUT2D eigenvalue weighted by Crippen LogP contribution is 2.41. The van der Waals surface area contributed by atoms with E-state index < -0.39 is 14.3 Å². The van der Waals surface area contributed by atoms with E-state index in [2.05, 4.69) is 32.9 Å². The molecule has 0 spiro atoms. The average molecular weight is 427 g/mol. The van der Waals surface area contributed by atoms with Crippen molar-refractivity contribution in [1.29, 1.82) is 0 Å². The Kier molecular flexibility index (Phi) is 10.9. The molecule has 1 saturated heterocycles. The van der Waals surface area contributed by atoms with Gasteiger partial charge >= 0.3 is 5.97 Å². The Balaban J connectivity index is 1.86. The molecule has 0 aromatic rings. The van der Waals surface area contributed by atoms with Gasteiger partial charge in [-0.05, 0) is 74.9 Å². The molecule has 4 atom stereocenters. The van der Waals surface area contributed by atoms with Crippen molar-refractivity contribution in [2.45, 2.75) is 103 Å². The van der Waals surface area contributed by atoms with Gasteiger partial charge < -0.3 is 19.0 Å². The van der Waals surface area contributed by atoms with Gasteiger partial charge in [0.25, 0.3) is 0 Å². The number of rotatable bonds is 13. The van der Waals surface area contributed by atoms with E-state index in [1.165, 1.54) is 6.42 Å². The molecule has 29 heavy (non-hydrogen) atoms. The van der Waals surface area contributed by atoms with E-state index in [0.29, 0.717) is 12.5 Å². The van der Waals surface area contributed by atoms with Crippen LogP contribution in [-0.2, 0) is 18.7 Å². The maximum absolute atomic E-state index is 11.3. The molecule has 1 N–H and O–H groups in total. The zero-order valence-corrected chi connectivity index (χ0v) is 19.7. The van der Waals surface area contributed by atoms with E-state index in [4.69, 9.17) is 13.9 Å². The molecule has 1 aliphatic carbocycles. The molecule has 5 nitrogen and oxygen atoms in total. The van der Waals surface area contributed by atoms with Crippen molar-refractivity contribution >= 4 is 14.3 Å². The fourth-order valence-corrected chi connectivity index (χ4v) is 7.82. The molecule has 1 aliphatic heterocycles. The summed E-state index contributed by atoms with van der Waals surface area (Å²) >= 11 is 0. The molecule has 1 unspecified atom stereocenters. The Labute approximate surface area is 178 Å². The molecule has 0 aromatic heterocycles. The van der Waals surface area contributed by atoms with Crippen LogP contribution < -0.4 is 0 Å². The lowest BCUT2D eigenvalue weighted by molar-refractivity contribution is -0.161. The molecule has 6 heteroatoms. The predicted octanol–water partition coefficient (Wildman–Crippen LogP) is 5.76. The second kappa shape index (κ2) is 12.9. The third-order valence-electron chi connectivity index (χ3n) is 6.98. The van der Waals surface area contributed by atoms with Gasteiger partial charge in [0.2, 0.25) is 0 Å².